The number of anilines is 1. The molecule has 7 heteroatoms. The van der Waals surface area contributed by atoms with Gasteiger partial charge in [-0.3, -0.25) is 9.59 Å². The van der Waals surface area contributed by atoms with Crippen molar-refractivity contribution in [2.24, 2.45) is 11.8 Å². The molecular weight excluding hydrogens is 554 g/mol. The SMILES string of the molecule is COc1ccc(C2CCC(CN(C(=O)C3CCC(NC(C)=O)CC3)c3cccc(-c4cnc(C5CC5)s4)c3)CC2)cc1C. The molecule has 3 aliphatic carbocycles. The third kappa shape index (κ3) is 7.14. The van der Waals surface area contributed by atoms with Gasteiger partial charge in [-0.15, -0.1) is 11.3 Å². The Morgan fingerprint density at radius 3 is 2.37 bits per heavy atom. The minimum absolute atomic E-state index is 0.00264. The van der Waals surface area contributed by atoms with Crippen molar-refractivity contribution in [3.63, 3.8) is 0 Å². The molecule has 0 aliphatic heterocycles. The summed E-state index contributed by atoms with van der Waals surface area (Å²) in [7, 11) is 1.73. The van der Waals surface area contributed by atoms with Crippen LogP contribution in [0.2, 0.25) is 0 Å². The van der Waals surface area contributed by atoms with Gasteiger partial charge in [0, 0.05) is 43.2 Å². The molecule has 0 radical (unpaired) electrons. The first kappa shape index (κ1) is 29.9. The molecule has 3 saturated carbocycles. The molecule has 1 N–H and O–H groups in total. The molecule has 3 aromatic rings. The number of carbonyl (C=O) groups is 2. The zero-order valence-corrected chi connectivity index (χ0v) is 26.6. The number of hydrogen-bond acceptors (Lipinski definition) is 5. The van der Waals surface area contributed by atoms with Crippen molar-refractivity contribution in [1.29, 1.82) is 0 Å². The Morgan fingerprint density at radius 1 is 0.953 bits per heavy atom. The normalized spacial score (nSPS) is 23.9. The Balaban J connectivity index is 1.18. The third-order valence-electron chi connectivity index (χ3n) is 9.82. The highest BCUT2D eigenvalue weighted by molar-refractivity contribution is 7.15. The van der Waals surface area contributed by atoms with Crippen LogP contribution >= 0.6 is 11.3 Å². The van der Waals surface area contributed by atoms with Gasteiger partial charge in [-0.05, 0) is 118 Å². The number of thiazole rings is 1. The lowest BCUT2D eigenvalue weighted by molar-refractivity contribution is -0.123. The number of ether oxygens (including phenoxy) is 1. The van der Waals surface area contributed by atoms with Gasteiger partial charge in [-0.2, -0.15) is 0 Å². The molecule has 1 heterocycles. The van der Waals surface area contributed by atoms with Gasteiger partial charge in [0.2, 0.25) is 11.8 Å². The van der Waals surface area contributed by atoms with E-state index in [9.17, 15) is 9.59 Å². The molecule has 3 aliphatic rings. The number of nitrogens with zero attached hydrogens (tertiary/aromatic N) is 2. The number of aryl methyl sites for hydroxylation is 1. The van der Waals surface area contributed by atoms with Crippen LogP contribution in [0.1, 0.15) is 99.1 Å². The number of hydrogen-bond donors (Lipinski definition) is 1. The fourth-order valence-electron chi connectivity index (χ4n) is 7.17. The van der Waals surface area contributed by atoms with Crippen LogP contribution < -0.4 is 15.0 Å². The second-order valence-corrected chi connectivity index (χ2v) is 14.1. The van der Waals surface area contributed by atoms with E-state index >= 15 is 0 Å². The maximum atomic E-state index is 14.3. The third-order valence-corrected chi connectivity index (χ3v) is 11.0. The Kier molecular flexibility index (Phi) is 9.17. The van der Waals surface area contributed by atoms with Gasteiger partial charge in [0.25, 0.3) is 0 Å². The van der Waals surface area contributed by atoms with Crippen LogP contribution in [0.3, 0.4) is 0 Å². The number of carbonyl (C=O) groups excluding carboxylic acids is 2. The number of nitrogens with one attached hydrogen (secondary N) is 1. The van der Waals surface area contributed by atoms with Gasteiger partial charge in [-0.1, -0.05) is 24.3 Å². The largest absolute Gasteiger partial charge is 0.496 e. The van der Waals surface area contributed by atoms with Crippen LogP contribution in [-0.2, 0) is 9.59 Å². The van der Waals surface area contributed by atoms with Crippen LogP contribution in [0, 0.1) is 18.8 Å². The van der Waals surface area contributed by atoms with Crippen molar-refractivity contribution in [2.75, 3.05) is 18.6 Å². The highest BCUT2D eigenvalue weighted by Gasteiger charge is 2.33. The topological polar surface area (TPSA) is 71.5 Å². The van der Waals surface area contributed by atoms with Gasteiger partial charge in [0.1, 0.15) is 5.75 Å². The van der Waals surface area contributed by atoms with Crippen molar-refractivity contribution in [3.05, 3.63) is 64.8 Å². The number of aromatic nitrogens is 1. The Hall–Kier alpha value is -3.19. The monoisotopic (exact) mass is 599 g/mol. The van der Waals surface area contributed by atoms with Crippen LogP contribution in [0.25, 0.3) is 10.4 Å². The average Bonchev–Trinajstić information content (AvgIpc) is 3.76. The Labute approximate surface area is 260 Å². The molecule has 0 unspecified atom stereocenters. The standard InChI is InChI=1S/C36H45N3O3S/c1-23-19-29(15-18-33(23)42-3)26-9-7-25(8-10-26)22-39(36(41)28-13-16-31(17-14-28)38-24(2)40)32-6-4-5-30(20-32)34-21-37-35(43-34)27-11-12-27/h4-6,15,18-21,25-28,31H,7-14,16-17,22H2,1-3H3,(H,38,40). The first-order chi connectivity index (χ1) is 20.9. The molecule has 6 rings (SSSR count). The predicted molar refractivity (Wildman–Crippen MR) is 174 cm³/mol. The summed E-state index contributed by atoms with van der Waals surface area (Å²) in [5.74, 6) is 2.88. The maximum Gasteiger partial charge on any atom is 0.230 e. The van der Waals surface area contributed by atoms with Crippen LogP contribution in [0.15, 0.2) is 48.7 Å². The maximum absolute atomic E-state index is 14.3. The zero-order chi connectivity index (χ0) is 29.9. The van der Waals surface area contributed by atoms with E-state index in [0.717, 1.165) is 74.9 Å². The molecule has 3 fully saturated rings. The van der Waals surface area contributed by atoms with E-state index in [1.54, 1.807) is 25.4 Å². The van der Waals surface area contributed by atoms with E-state index in [1.807, 2.05) is 6.20 Å². The molecule has 0 atom stereocenters. The summed E-state index contributed by atoms with van der Waals surface area (Å²) < 4.78 is 5.48. The van der Waals surface area contributed by atoms with Gasteiger partial charge >= 0.3 is 0 Å². The average molecular weight is 600 g/mol. The molecule has 0 saturated heterocycles. The van der Waals surface area contributed by atoms with E-state index < -0.39 is 0 Å². The molecule has 6 nitrogen and oxygen atoms in total. The number of rotatable bonds is 9. The fraction of sp³-hybridized carbons (Fsp3) is 0.528. The summed E-state index contributed by atoms with van der Waals surface area (Å²) in [5, 5.41) is 4.30. The second kappa shape index (κ2) is 13.2. The molecule has 2 amide bonds. The van der Waals surface area contributed by atoms with E-state index in [-0.39, 0.29) is 23.8 Å². The highest BCUT2D eigenvalue weighted by atomic mass is 32.1. The summed E-state index contributed by atoms with van der Waals surface area (Å²) in [6.45, 7) is 4.46. The molecule has 0 bridgehead atoms. The molecule has 1 aromatic heterocycles. The second-order valence-electron chi connectivity index (χ2n) is 13.0. The lowest BCUT2D eigenvalue weighted by atomic mass is 9.78. The van der Waals surface area contributed by atoms with E-state index in [1.165, 1.54) is 33.9 Å². The van der Waals surface area contributed by atoms with Crippen molar-refractivity contribution < 1.29 is 14.3 Å². The molecule has 228 valence electrons. The fourth-order valence-corrected chi connectivity index (χ4v) is 8.26. The van der Waals surface area contributed by atoms with Crippen LogP contribution in [0.5, 0.6) is 5.75 Å². The van der Waals surface area contributed by atoms with Crippen molar-refractivity contribution in [2.45, 2.75) is 95.9 Å². The van der Waals surface area contributed by atoms with Crippen molar-refractivity contribution >= 4 is 28.8 Å². The number of benzene rings is 2. The van der Waals surface area contributed by atoms with Crippen molar-refractivity contribution in [1.82, 2.24) is 10.3 Å². The number of methoxy groups -OCH3 is 1. The van der Waals surface area contributed by atoms with Gasteiger partial charge in [0.15, 0.2) is 0 Å². The van der Waals surface area contributed by atoms with Crippen molar-refractivity contribution in [3.8, 4) is 16.2 Å². The van der Waals surface area contributed by atoms with E-state index in [0.29, 0.717) is 17.8 Å². The predicted octanol–water partition coefficient (Wildman–Crippen LogP) is 8.01. The van der Waals surface area contributed by atoms with Gasteiger partial charge < -0.3 is 15.0 Å². The first-order valence-electron chi connectivity index (χ1n) is 16.2. The quantitative estimate of drug-likeness (QED) is 0.271. The minimum atomic E-state index is -0.00264. The number of amides is 2. The zero-order valence-electron chi connectivity index (χ0n) is 25.8. The lowest BCUT2D eigenvalue weighted by Crippen LogP contribution is -2.43. The van der Waals surface area contributed by atoms with Crippen LogP contribution in [0.4, 0.5) is 5.69 Å². The first-order valence-corrected chi connectivity index (χ1v) is 17.0. The molecule has 43 heavy (non-hydrogen) atoms. The summed E-state index contributed by atoms with van der Waals surface area (Å²) in [6, 6.07) is 15.4. The molecule has 0 spiro atoms. The summed E-state index contributed by atoms with van der Waals surface area (Å²) in [6.07, 6.45) is 12.4. The lowest BCUT2D eigenvalue weighted by Gasteiger charge is -2.36. The molecular formula is C36H45N3O3S. The van der Waals surface area contributed by atoms with Gasteiger partial charge in [0.05, 0.1) is 17.0 Å². The van der Waals surface area contributed by atoms with Crippen LogP contribution in [-0.4, -0.2) is 36.5 Å². The Bertz CT molecular complexity index is 1430. The summed E-state index contributed by atoms with van der Waals surface area (Å²) >= 11 is 1.80. The van der Waals surface area contributed by atoms with Gasteiger partial charge in [-0.25, -0.2) is 4.98 Å². The summed E-state index contributed by atoms with van der Waals surface area (Å²) in [5.41, 5.74) is 4.74. The van der Waals surface area contributed by atoms with E-state index in [2.05, 4.69) is 59.6 Å². The summed E-state index contributed by atoms with van der Waals surface area (Å²) in [4.78, 5) is 33.8. The minimum Gasteiger partial charge on any atom is -0.496 e. The Morgan fingerprint density at radius 2 is 1.70 bits per heavy atom. The highest BCUT2D eigenvalue weighted by Crippen LogP contribution is 2.44. The smallest absolute Gasteiger partial charge is 0.230 e. The van der Waals surface area contributed by atoms with E-state index in [4.69, 9.17) is 9.72 Å². The molecule has 2 aromatic carbocycles.